The molecule has 0 spiro atoms. The van der Waals surface area contributed by atoms with Crippen LogP contribution < -0.4 is 10.3 Å². The molecule has 1 aromatic carbocycles. The number of nitrogens with one attached hydrogen (secondary N) is 2. The molecular formula is C13H11N5O2. The van der Waals surface area contributed by atoms with Crippen molar-refractivity contribution in [3.05, 3.63) is 47.3 Å². The first-order valence-corrected chi connectivity index (χ1v) is 5.93. The molecule has 0 atom stereocenters. The van der Waals surface area contributed by atoms with Crippen LogP contribution in [0.5, 0.6) is 5.75 Å². The van der Waals surface area contributed by atoms with Crippen LogP contribution in [0.15, 0.2) is 41.7 Å². The SMILES string of the molecule is C=CCOc1ccccc1-c1nc2n[nH]nc2c(=O)[nH]1. The Labute approximate surface area is 113 Å². The second-order valence-corrected chi connectivity index (χ2v) is 4.01. The fourth-order valence-corrected chi connectivity index (χ4v) is 1.82. The van der Waals surface area contributed by atoms with E-state index in [1.54, 1.807) is 12.1 Å². The van der Waals surface area contributed by atoms with E-state index in [0.29, 0.717) is 23.7 Å². The molecular weight excluding hydrogens is 258 g/mol. The van der Waals surface area contributed by atoms with E-state index in [2.05, 4.69) is 32.0 Å². The van der Waals surface area contributed by atoms with Crippen molar-refractivity contribution >= 4 is 11.2 Å². The number of ether oxygens (including phenoxy) is 1. The Morgan fingerprint density at radius 2 is 2.15 bits per heavy atom. The van der Waals surface area contributed by atoms with Crippen LogP contribution in [-0.4, -0.2) is 32.0 Å². The molecule has 3 aromatic rings. The third kappa shape index (κ3) is 2.05. The molecule has 0 amide bonds. The van der Waals surface area contributed by atoms with Crippen LogP contribution in [-0.2, 0) is 0 Å². The molecule has 0 aliphatic carbocycles. The molecule has 0 saturated carbocycles. The maximum Gasteiger partial charge on any atom is 0.281 e. The second-order valence-electron chi connectivity index (χ2n) is 4.01. The number of H-pyrrole nitrogens is 2. The third-order valence-corrected chi connectivity index (χ3v) is 2.69. The number of fused-ring (bicyclic) bond motifs is 1. The lowest BCUT2D eigenvalue weighted by molar-refractivity contribution is 0.364. The second kappa shape index (κ2) is 4.96. The average molecular weight is 269 g/mol. The summed E-state index contributed by atoms with van der Waals surface area (Å²) in [6, 6.07) is 7.28. The Balaban J connectivity index is 2.15. The Hall–Kier alpha value is -2.96. The molecule has 7 heteroatoms. The molecule has 0 aliphatic heterocycles. The van der Waals surface area contributed by atoms with Crippen LogP contribution in [0.3, 0.4) is 0 Å². The minimum Gasteiger partial charge on any atom is -0.489 e. The van der Waals surface area contributed by atoms with E-state index >= 15 is 0 Å². The fourth-order valence-electron chi connectivity index (χ4n) is 1.82. The van der Waals surface area contributed by atoms with Gasteiger partial charge in [0.2, 0.25) is 5.65 Å². The number of hydrogen-bond acceptors (Lipinski definition) is 5. The van der Waals surface area contributed by atoms with Crippen molar-refractivity contribution in [1.82, 2.24) is 25.4 Å². The number of benzene rings is 1. The van der Waals surface area contributed by atoms with Crippen LogP contribution in [0.4, 0.5) is 0 Å². The fraction of sp³-hybridized carbons (Fsp3) is 0.0769. The highest BCUT2D eigenvalue weighted by Crippen LogP contribution is 2.26. The van der Waals surface area contributed by atoms with Crippen LogP contribution in [0.25, 0.3) is 22.6 Å². The van der Waals surface area contributed by atoms with Crippen molar-refractivity contribution in [1.29, 1.82) is 0 Å². The van der Waals surface area contributed by atoms with Crippen molar-refractivity contribution < 1.29 is 4.74 Å². The first-order valence-electron chi connectivity index (χ1n) is 5.93. The molecule has 7 nitrogen and oxygen atoms in total. The normalized spacial score (nSPS) is 10.6. The van der Waals surface area contributed by atoms with Gasteiger partial charge in [-0.1, -0.05) is 24.8 Å². The lowest BCUT2D eigenvalue weighted by Crippen LogP contribution is -2.10. The summed E-state index contributed by atoms with van der Waals surface area (Å²) in [5.74, 6) is 0.995. The molecule has 0 fully saturated rings. The predicted octanol–water partition coefficient (Wildman–Crippen LogP) is 1.27. The molecule has 3 rings (SSSR count). The van der Waals surface area contributed by atoms with Gasteiger partial charge in [0.15, 0.2) is 5.52 Å². The van der Waals surface area contributed by atoms with Crippen molar-refractivity contribution in [2.45, 2.75) is 0 Å². The Bertz CT molecular complexity index is 821. The van der Waals surface area contributed by atoms with Gasteiger partial charge in [0.05, 0.1) is 5.56 Å². The number of para-hydroxylation sites is 1. The molecule has 0 saturated heterocycles. The number of aromatic amines is 2. The molecule has 2 N–H and O–H groups in total. The van der Waals surface area contributed by atoms with Gasteiger partial charge in [-0.05, 0) is 12.1 Å². The summed E-state index contributed by atoms with van der Waals surface area (Å²) in [5, 5.41) is 9.95. The molecule has 20 heavy (non-hydrogen) atoms. The zero-order chi connectivity index (χ0) is 13.9. The first kappa shape index (κ1) is 12.1. The van der Waals surface area contributed by atoms with Gasteiger partial charge in [-0.3, -0.25) is 4.79 Å². The van der Waals surface area contributed by atoms with Gasteiger partial charge in [-0.2, -0.15) is 5.21 Å². The molecule has 100 valence electrons. The molecule has 0 radical (unpaired) electrons. The van der Waals surface area contributed by atoms with E-state index in [4.69, 9.17) is 4.74 Å². The van der Waals surface area contributed by atoms with Gasteiger partial charge in [0.1, 0.15) is 18.2 Å². The highest BCUT2D eigenvalue weighted by Gasteiger charge is 2.12. The van der Waals surface area contributed by atoms with Gasteiger partial charge in [-0.25, -0.2) is 4.98 Å². The van der Waals surface area contributed by atoms with E-state index in [0.717, 1.165) is 0 Å². The van der Waals surface area contributed by atoms with E-state index in [1.807, 2.05) is 18.2 Å². The van der Waals surface area contributed by atoms with E-state index in [1.165, 1.54) is 0 Å². The maximum atomic E-state index is 11.9. The topological polar surface area (TPSA) is 96.6 Å². The van der Waals surface area contributed by atoms with Crippen molar-refractivity contribution in [3.8, 4) is 17.1 Å². The largest absolute Gasteiger partial charge is 0.489 e. The molecule has 0 bridgehead atoms. The summed E-state index contributed by atoms with van der Waals surface area (Å²) in [5.41, 5.74) is 0.772. The number of rotatable bonds is 4. The highest BCUT2D eigenvalue weighted by molar-refractivity contribution is 5.72. The molecule has 2 aromatic heterocycles. The molecule has 0 aliphatic rings. The summed E-state index contributed by atoms with van der Waals surface area (Å²) in [7, 11) is 0. The highest BCUT2D eigenvalue weighted by atomic mass is 16.5. The lowest BCUT2D eigenvalue weighted by atomic mass is 10.2. The minimum atomic E-state index is -0.350. The Kier molecular flexibility index (Phi) is 3.00. The summed E-state index contributed by atoms with van der Waals surface area (Å²) < 4.78 is 5.55. The quantitative estimate of drug-likeness (QED) is 0.695. The number of hydrogen-bond donors (Lipinski definition) is 2. The van der Waals surface area contributed by atoms with Gasteiger partial charge in [0, 0.05) is 0 Å². The van der Waals surface area contributed by atoms with E-state index < -0.39 is 0 Å². The Morgan fingerprint density at radius 1 is 1.30 bits per heavy atom. The summed E-state index contributed by atoms with van der Waals surface area (Å²) in [6.07, 6.45) is 1.65. The van der Waals surface area contributed by atoms with Gasteiger partial charge in [-0.15, -0.1) is 10.2 Å². The number of nitrogens with zero attached hydrogens (tertiary/aromatic N) is 3. The van der Waals surface area contributed by atoms with Crippen LogP contribution in [0.1, 0.15) is 0 Å². The summed E-state index contributed by atoms with van der Waals surface area (Å²) in [6.45, 7) is 3.97. The minimum absolute atomic E-state index is 0.179. The smallest absolute Gasteiger partial charge is 0.281 e. The standard InChI is InChI=1S/C13H11N5O2/c1-2-7-20-9-6-4-3-5-8(9)11-14-12-10(13(19)15-11)16-18-17-12/h2-6H,1,7H2,(H2,14,15,16,17,18,19). The summed E-state index contributed by atoms with van der Waals surface area (Å²) in [4.78, 5) is 18.8. The van der Waals surface area contributed by atoms with Crippen LogP contribution >= 0.6 is 0 Å². The van der Waals surface area contributed by atoms with Crippen molar-refractivity contribution in [2.75, 3.05) is 6.61 Å². The van der Waals surface area contributed by atoms with Gasteiger partial charge >= 0.3 is 0 Å². The lowest BCUT2D eigenvalue weighted by Gasteiger charge is -2.08. The maximum absolute atomic E-state index is 11.9. The average Bonchev–Trinajstić information content (AvgIpc) is 2.94. The number of aromatic nitrogens is 5. The van der Waals surface area contributed by atoms with Crippen LogP contribution in [0.2, 0.25) is 0 Å². The molecule has 0 unspecified atom stereocenters. The van der Waals surface area contributed by atoms with Gasteiger partial charge in [0.25, 0.3) is 5.56 Å². The zero-order valence-electron chi connectivity index (χ0n) is 10.5. The summed E-state index contributed by atoms with van der Waals surface area (Å²) >= 11 is 0. The van der Waals surface area contributed by atoms with Crippen molar-refractivity contribution in [3.63, 3.8) is 0 Å². The predicted molar refractivity (Wildman–Crippen MR) is 73.4 cm³/mol. The van der Waals surface area contributed by atoms with E-state index in [-0.39, 0.29) is 16.7 Å². The van der Waals surface area contributed by atoms with Crippen LogP contribution in [0, 0.1) is 0 Å². The Morgan fingerprint density at radius 3 is 3.00 bits per heavy atom. The van der Waals surface area contributed by atoms with Crippen molar-refractivity contribution in [2.24, 2.45) is 0 Å². The third-order valence-electron chi connectivity index (χ3n) is 2.69. The zero-order valence-corrected chi connectivity index (χ0v) is 10.5. The monoisotopic (exact) mass is 269 g/mol. The van der Waals surface area contributed by atoms with Gasteiger partial charge < -0.3 is 9.72 Å². The van der Waals surface area contributed by atoms with E-state index in [9.17, 15) is 4.79 Å². The first-order chi connectivity index (χ1) is 9.79. The molecule has 2 heterocycles.